The van der Waals surface area contributed by atoms with Crippen molar-refractivity contribution < 1.29 is 23.9 Å². The number of rotatable bonds is 19. The molecule has 0 saturated carbocycles. The average Bonchev–Trinajstić information content (AvgIpc) is 3.09. The molecule has 0 aliphatic carbocycles. The summed E-state index contributed by atoms with van der Waals surface area (Å²) in [6.45, 7) is 12.6. The van der Waals surface area contributed by atoms with Crippen LogP contribution in [0, 0.1) is 0 Å². The van der Waals surface area contributed by atoms with Crippen LogP contribution in [0.4, 0.5) is 11.6 Å². The van der Waals surface area contributed by atoms with Gasteiger partial charge in [-0.15, -0.1) is 0 Å². The van der Waals surface area contributed by atoms with Gasteiger partial charge in [-0.2, -0.15) is 4.98 Å². The second kappa shape index (κ2) is 20.9. The van der Waals surface area contributed by atoms with Gasteiger partial charge >= 0.3 is 17.5 Å². The fourth-order valence-electron chi connectivity index (χ4n) is 4.84. The van der Waals surface area contributed by atoms with Crippen molar-refractivity contribution in [2.24, 2.45) is 0 Å². The number of fused-ring (bicyclic) bond motifs is 1. The fraction of sp³-hybridized carbons (Fsp3) is 0.410. The number of H-pyrrole nitrogens is 1. The van der Waals surface area contributed by atoms with Crippen LogP contribution in [0.15, 0.2) is 81.9 Å². The lowest BCUT2D eigenvalue weighted by atomic mass is 10.1. The van der Waals surface area contributed by atoms with Crippen LogP contribution in [0.1, 0.15) is 96.1 Å². The highest BCUT2D eigenvalue weighted by atomic mass is 16.5. The molecule has 0 radical (unpaired) electrons. The third-order valence-corrected chi connectivity index (χ3v) is 7.86. The maximum atomic E-state index is 13.3. The monoisotopic (exact) mass is 713 g/mol. The molecule has 0 bridgehead atoms. The molecule has 1 atom stereocenters. The molecule has 2 heterocycles. The minimum atomic E-state index is -1.07. The molecule has 0 aliphatic rings. The first-order valence-corrected chi connectivity index (χ1v) is 17.4. The molecule has 52 heavy (non-hydrogen) atoms. The number of nitrogens with zero attached hydrogens (tertiary/aromatic N) is 3. The molecular formula is C39H51N7O6. The summed E-state index contributed by atoms with van der Waals surface area (Å²) in [6.07, 6.45) is 13.0. The van der Waals surface area contributed by atoms with Crippen LogP contribution in [0.25, 0.3) is 11.2 Å². The zero-order valence-electron chi connectivity index (χ0n) is 31.0. The third-order valence-electron chi connectivity index (χ3n) is 7.86. The van der Waals surface area contributed by atoms with E-state index < -0.39 is 29.4 Å². The SMILES string of the molecule is CC(C)=CCC/C(C)=C/COC(=O)CC[C@H](NC(=O)c1ccc(NCc2cnc3[nH]c(N)nc(=O)c3n2)cc1)C(=O)OC/C=C(\C)CCC=C(C)C. The number of allylic oxidation sites excluding steroid dienone is 6. The van der Waals surface area contributed by atoms with E-state index in [2.05, 4.69) is 56.6 Å². The highest BCUT2D eigenvalue weighted by Gasteiger charge is 2.24. The van der Waals surface area contributed by atoms with E-state index in [1.165, 1.54) is 17.3 Å². The number of amides is 1. The second-order valence-corrected chi connectivity index (χ2v) is 13.0. The van der Waals surface area contributed by atoms with Crippen LogP contribution in [0.5, 0.6) is 0 Å². The van der Waals surface area contributed by atoms with Crippen molar-refractivity contribution in [1.82, 2.24) is 25.3 Å². The average molecular weight is 714 g/mol. The summed E-state index contributed by atoms with van der Waals surface area (Å²) in [7, 11) is 0. The lowest BCUT2D eigenvalue weighted by molar-refractivity contribution is -0.146. The van der Waals surface area contributed by atoms with Gasteiger partial charge in [0, 0.05) is 17.7 Å². The summed E-state index contributed by atoms with van der Waals surface area (Å²) in [5.74, 6) is -1.67. The number of anilines is 2. The van der Waals surface area contributed by atoms with Crippen molar-refractivity contribution in [3.8, 4) is 0 Å². The molecule has 1 aromatic carbocycles. The molecule has 0 unspecified atom stereocenters. The maximum Gasteiger partial charge on any atom is 0.328 e. The van der Waals surface area contributed by atoms with Crippen molar-refractivity contribution in [3.05, 3.63) is 98.7 Å². The first-order valence-electron chi connectivity index (χ1n) is 17.4. The van der Waals surface area contributed by atoms with Gasteiger partial charge in [0.2, 0.25) is 5.95 Å². The minimum Gasteiger partial charge on any atom is -0.461 e. The fourth-order valence-corrected chi connectivity index (χ4v) is 4.84. The van der Waals surface area contributed by atoms with Gasteiger partial charge in [-0.3, -0.25) is 14.4 Å². The van der Waals surface area contributed by atoms with Crippen LogP contribution in [0.3, 0.4) is 0 Å². The summed E-state index contributed by atoms with van der Waals surface area (Å²) in [5, 5.41) is 5.90. The number of carbonyl (C=O) groups is 3. The Hall–Kier alpha value is -5.59. The molecular weight excluding hydrogens is 662 g/mol. The maximum absolute atomic E-state index is 13.3. The number of carbonyl (C=O) groups excluding carboxylic acids is 3. The van der Waals surface area contributed by atoms with E-state index in [-0.39, 0.29) is 49.7 Å². The quantitative estimate of drug-likeness (QED) is 0.0810. The predicted molar refractivity (Wildman–Crippen MR) is 203 cm³/mol. The summed E-state index contributed by atoms with van der Waals surface area (Å²) in [4.78, 5) is 66.0. The number of aromatic nitrogens is 4. The van der Waals surface area contributed by atoms with Gasteiger partial charge in [-0.05, 0) is 110 Å². The molecule has 2 aromatic heterocycles. The molecule has 278 valence electrons. The molecule has 1 amide bonds. The van der Waals surface area contributed by atoms with Crippen LogP contribution < -0.4 is 21.9 Å². The normalized spacial score (nSPS) is 12.1. The molecule has 13 heteroatoms. The number of nitrogens with two attached hydrogens (primary N) is 1. The number of nitrogens with one attached hydrogen (secondary N) is 3. The molecule has 0 aliphatic heterocycles. The van der Waals surface area contributed by atoms with Crippen molar-refractivity contribution in [3.63, 3.8) is 0 Å². The third kappa shape index (κ3) is 14.7. The Morgan fingerprint density at radius 3 is 2.08 bits per heavy atom. The first kappa shape index (κ1) is 40.8. The smallest absolute Gasteiger partial charge is 0.328 e. The van der Waals surface area contributed by atoms with Gasteiger partial charge < -0.3 is 30.8 Å². The van der Waals surface area contributed by atoms with Gasteiger partial charge in [0.15, 0.2) is 11.2 Å². The van der Waals surface area contributed by atoms with E-state index in [1.807, 2.05) is 39.8 Å². The van der Waals surface area contributed by atoms with Crippen LogP contribution in [-0.4, -0.2) is 57.0 Å². The number of esters is 2. The second-order valence-electron chi connectivity index (χ2n) is 13.0. The Morgan fingerprint density at radius 2 is 1.46 bits per heavy atom. The standard InChI is InChI=1S/C39H51N7O6/c1-25(2)9-7-11-27(5)19-21-51-33(47)18-17-32(38(50)52-22-20-28(6)12-8-10-26(3)4)44-36(48)29-13-15-30(16-14-29)41-23-31-24-42-35-34(43-31)37(49)46-39(40)45-35/h9-10,13-16,19-20,24,32,41H,7-8,11-12,17-18,21-23H2,1-6H3,(H,44,48)(H3,40,42,45,46,49)/b27-19+,28-20+/t32-/m0/s1. The summed E-state index contributed by atoms with van der Waals surface area (Å²) >= 11 is 0. The van der Waals surface area contributed by atoms with Crippen molar-refractivity contribution in [2.75, 3.05) is 24.3 Å². The number of ether oxygens (including phenoxy) is 2. The molecule has 0 fully saturated rings. The highest BCUT2D eigenvalue weighted by Crippen LogP contribution is 2.14. The van der Waals surface area contributed by atoms with E-state index in [0.29, 0.717) is 16.9 Å². The molecule has 0 saturated heterocycles. The van der Waals surface area contributed by atoms with E-state index in [9.17, 15) is 19.2 Å². The lowest BCUT2D eigenvalue weighted by Crippen LogP contribution is -2.42. The van der Waals surface area contributed by atoms with E-state index in [4.69, 9.17) is 15.2 Å². The first-order chi connectivity index (χ1) is 24.8. The lowest BCUT2D eigenvalue weighted by Gasteiger charge is -2.17. The molecule has 3 aromatic rings. The van der Waals surface area contributed by atoms with Gasteiger partial charge in [-0.25, -0.2) is 14.8 Å². The molecule has 3 rings (SSSR count). The highest BCUT2D eigenvalue weighted by molar-refractivity contribution is 5.97. The van der Waals surface area contributed by atoms with E-state index in [0.717, 1.165) is 36.8 Å². The minimum absolute atomic E-state index is 0.00726. The van der Waals surface area contributed by atoms with Crippen molar-refractivity contribution >= 4 is 40.6 Å². The van der Waals surface area contributed by atoms with Crippen LogP contribution >= 0.6 is 0 Å². The number of aromatic amines is 1. The molecule has 5 N–H and O–H groups in total. The number of hydrogen-bond acceptors (Lipinski definition) is 11. The van der Waals surface area contributed by atoms with E-state index in [1.54, 1.807) is 24.3 Å². The van der Waals surface area contributed by atoms with Gasteiger partial charge in [0.1, 0.15) is 19.3 Å². The Balaban J connectivity index is 1.60. The predicted octanol–water partition coefficient (Wildman–Crippen LogP) is 6.26. The van der Waals surface area contributed by atoms with Gasteiger partial charge in [-0.1, -0.05) is 34.4 Å². The topological polar surface area (TPSA) is 191 Å². The van der Waals surface area contributed by atoms with Crippen LogP contribution in [0.2, 0.25) is 0 Å². The largest absolute Gasteiger partial charge is 0.461 e. The Labute approximate surface area is 304 Å². The Morgan fingerprint density at radius 1 is 0.846 bits per heavy atom. The molecule has 0 spiro atoms. The summed E-state index contributed by atoms with van der Waals surface area (Å²) < 4.78 is 10.9. The van der Waals surface area contributed by atoms with E-state index >= 15 is 0 Å². The zero-order valence-corrected chi connectivity index (χ0v) is 31.0. The van der Waals surface area contributed by atoms with Gasteiger partial charge in [0.25, 0.3) is 5.91 Å². The number of nitrogen functional groups attached to an aromatic ring is 1. The Bertz CT molecular complexity index is 1870. The Kier molecular flexibility index (Phi) is 16.4. The zero-order chi connectivity index (χ0) is 38.0. The van der Waals surface area contributed by atoms with Crippen molar-refractivity contribution in [2.45, 2.75) is 92.7 Å². The summed E-state index contributed by atoms with van der Waals surface area (Å²) in [5.41, 5.74) is 11.5. The van der Waals surface area contributed by atoms with Crippen molar-refractivity contribution in [1.29, 1.82) is 0 Å². The number of hydrogen-bond donors (Lipinski definition) is 4. The number of benzene rings is 1. The molecule has 13 nitrogen and oxygen atoms in total. The summed E-state index contributed by atoms with van der Waals surface area (Å²) in [6, 6.07) is 5.52. The van der Waals surface area contributed by atoms with Crippen LogP contribution in [-0.2, 0) is 25.6 Å². The van der Waals surface area contributed by atoms with Gasteiger partial charge in [0.05, 0.1) is 18.4 Å².